The van der Waals surface area contributed by atoms with Crippen molar-refractivity contribution >= 4 is 15.5 Å². The third-order valence-corrected chi connectivity index (χ3v) is 5.08. The van der Waals surface area contributed by atoms with Crippen LogP contribution in [-0.2, 0) is 15.6 Å². The summed E-state index contributed by atoms with van der Waals surface area (Å²) in [6.45, 7) is 4.49. The Bertz CT molecular complexity index is 575. The van der Waals surface area contributed by atoms with Crippen LogP contribution in [0.1, 0.15) is 26.3 Å². The summed E-state index contributed by atoms with van der Waals surface area (Å²) in [7, 11) is -3.58. The first kappa shape index (κ1) is 14.6. The lowest BCUT2D eigenvalue weighted by molar-refractivity contribution is -0.385. The van der Waals surface area contributed by atoms with Gasteiger partial charge in [-0.1, -0.05) is 0 Å². The summed E-state index contributed by atoms with van der Waals surface area (Å²) in [5, 5.41) is 10.6. The molecule has 7 heteroatoms. The molecular weight excluding hydrogens is 261 g/mol. The molecule has 0 amide bonds. The first-order valence-corrected chi connectivity index (χ1v) is 6.85. The minimum atomic E-state index is -3.58. The average molecular weight is 275 g/mol. The molecule has 1 rings (SSSR count). The molecule has 0 aromatic heterocycles. The molecule has 0 N–H and O–H groups in total. The summed E-state index contributed by atoms with van der Waals surface area (Å²) in [5.74, 6) is -1.31. The van der Waals surface area contributed by atoms with Gasteiger partial charge in [0.05, 0.1) is 15.4 Å². The summed E-state index contributed by atoms with van der Waals surface area (Å²) >= 11 is 0. The molecule has 0 spiro atoms. The van der Waals surface area contributed by atoms with Gasteiger partial charge in [0.2, 0.25) is 0 Å². The number of nitro groups is 1. The predicted molar refractivity (Wildman–Crippen MR) is 65.4 cm³/mol. The van der Waals surface area contributed by atoms with Crippen LogP contribution < -0.4 is 0 Å². The molecule has 0 unspecified atom stereocenters. The van der Waals surface area contributed by atoms with Crippen molar-refractivity contribution in [2.45, 2.75) is 31.3 Å². The largest absolute Gasteiger partial charge is 0.269 e. The summed E-state index contributed by atoms with van der Waals surface area (Å²) < 4.78 is 36.3. The van der Waals surface area contributed by atoms with Crippen LogP contribution in [0.2, 0.25) is 0 Å². The molecule has 0 heterocycles. The van der Waals surface area contributed by atoms with Crippen molar-refractivity contribution in [3.63, 3.8) is 0 Å². The Morgan fingerprint density at radius 2 is 1.89 bits per heavy atom. The molecule has 100 valence electrons. The van der Waals surface area contributed by atoms with E-state index in [1.165, 1.54) is 20.8 Å². The number of nitrogens with zero attached hydrogens (tertiary/aromatic N) is 1. The molecule has 0 fully saturated rings. The first-order chi connectivity index (χ1) is 8.04. The standard InChI is InChI=1S/C11H14FNO4S/c1-11(2,3)18(16,17)7-8-6-9(13(14)15)4-5-10(8)12/h4-6H,7H2,1-3H3. The Morgan fingerprint density at radius 1 is 1.33 bits per heavy atom. The van der Waals surface area contributed by atoms with E-state index < -0.39 is 31.1 Å². The van der Waals surface area contributed by atoms with E-state index >= 15 is 0 Å². The van der Waals surface area contributed by atoms with E-state index in [1.54, 1.807) is 0 Å². The maximum atomic E-state index is 13.5. The quantitative estimate of drug-likeness (QED) is 0.627. The molecule has 0 bridgehead atoms. The van der Waals surface area contributed by atoms with Crippen molar-refractivity contribution in [1.82, 2.24) is 0 Å². The zero-order valence-electron chi connectivity index (χ0n) is 10.3. The minimum Gasteiger partial charge on any atom is -0.258 e. The summed E-state index contributed by atoms with van der Waals surface area (Å²) in [5.41, 5.74) is -0.505. The number of sulfone groups is 1. The van der Waals surface area contributed by atoms with E-state index in [2.05, 4.69) is 0 Å². The van der Waals surface area contributed by atoms with Gasteiger partial charge >= 0.3 is 0 Å². The lowest BCUT2D eigenvalue weighted by atomic mass is 10.2. The van der Waals surface area contributed by atoms with Gasteiger partial charge in [0, 0.05) is 17.7 Å². The number of hydrogen-bond acceptors (Lipinski definition) is 4. The second-order valence-corrected chi connectivity index (χ2v) is 7.65. The van der Waals surface area contributed by atoms with Crippen molar-refractivity contribution in [3.8, 4) is 0 Å². The highest BCUT2D eigenvalue weighted by molar-refractivity contribution is 7.91. The summed E-state index contributed by atoms with van der Waals surface area (Å²) in [6, 6.07) is 2.87. The van der Waals surface area contributed by atoms with Crippen LogP contribution in [0, 0.1) is 15.9 Å². The maximum absolute atomic E-state index is 13.5. The lowest BCUT2D eigenvalue weighted by Crippen LogP contribution is -2.29. The van der Waals surface area contributed by atoms with Crippen molar-refractivity contribution in [1.29, 1.82) is 0 Å². The molecule has 0 saturated carbocycles. The smallest absolute Gasteiger partial charge is 0.258 e. The van der Waals surface area contributed by atoms with E-state index in [9.17, 15) is 22.9 Å². The monoisotopic (exact) mass is 275 g/mol. The number of non-ortho nitro benzene ring substituents is 1. The van der Waals surface area contributed by atoms with Crippen molar-refractivity contribution in [3.05, 3.63) is 39.7 Å². The Balaban J connectivity index is 3.20. The van der Waals surface area contributed by atoms with Gasteiger partial charge < -0.3 is 0 Å². The van der Waals surface area contributed by atoms with Crippen LogP contribution in [-0.4, -0.2) is 18.1 Å². The Morgan fingerprint density at radius 3 is 2.33 bits per heavy atom. The molecular formula is C11H14FNO4S. The fourth-order valence-corrected chi connectivity index (χ4v) is 2.27. The van der Waals surface area contributed by atoms with Crippen LogP contribution in [0.15, 0.2) is 18.2 Å². The summed E-state index contributed by atoms with van der Waals surface area (Å²) in [6.07, 6.45) is 0. The minimum absolute atomic E-state index is 0.181. The highest BCUT2D eigenvalue weighted by Gasteiger charge is 2.30. The van der Waals surface area contributed by atoms with Crippen LogP contribution in [0.3, 0.4) is 0 Å². The average Bonchev–Trinajstić information content (AvgIpc) is 2.18. The molecule has 5 nitrogen and oxygen atoms in total. The maximum Gasteiger partial charge on any atom is 0.269 e. The lowest BCUT2D eigenvalue weighted by Gasteiger charge is -2.19. The van der Waals surface area contributed by atoms with E-state index in [0.717, 1.165) is 18.2 Å². The van der Waals surface area contributed by atoms with Gasteiger partial charge in [0.25, 0.3) is 5.69 Å². The Labute approximate surface area is 105 Å². The van der Waals surface area contributed by atoms with Gasteiger partial charge in [-0.15, -0.1) is 0 Å². The van der Waals surface area contributed by atoms with Gasteiger partial charge in [-0.2, -0.15) is 0 Å². The van der Waals surface area contributed by atoms with Crippen molar-refractivity contribution < 1.29 is 17.7 Å². The van der Waals surface area contributed by atoms with Crippen LogP contribution in [0.4, 0.5) is 10.1 Å². The van der Waals surface area contributed by atoms with E-state index in [0.29, 0.717) is 0 Å². The molecule has 1 aromatic rings. The van der Waals surface area contributed by atoms with E-state index in [-0.39, 0.29) is 11.3 Å². The second kappa shape index (κ2) is 4.64. The Hall–Kier alpha value is -1.50. The fourth-order valence-electron chi connectivity index (χ4n) is 1.21. The number of rotatable bonds is 3. The summed E-state index contributed by atoms with van der Waals surface area (Å²) in [4.78, 5) is 9.87. The first-order valence-electron chi connectivity index (χ1n) is 5.20. The third kappa shape index (κ3) is 3.04. The second-order valence-electron chi connectivity index (χ2n) is 4.90. The number of halogens is 1. The number of nitro benzene ring substituents is 1. The Kier molecular flexibility index (Phi) is 3.75. The molecule has 0 aliphatic carbocycles. The van der Waals surface area contributed by atoms with Crippen LogP contribution in [0.25, 0.3) is 0 Å². The topological polar surface area (TPSA) is 77.3 Å². The highest BCUT2D eigenvalue weighted by atomic mass is 32.2. The molecule has 18 heavy (non-hydrogen) atoms. The van der Waals surface area contributed by atoms with Crippen LogP contribution >= 0.6 is 0 Å². The molecule has 0 aliphatic rings. The van der Waals surface area contributed by atoms with Gasteiger partial charge in [-0.05, 0) is 26.8 Å². The molecule has 1 aromatic carbocycles. The van der Waals surface area contributed by atoms with E-state index in [4.69, 9.17) is 0 Å². The highest BCUT2D eigenvalue weighted by Crippen LogP contribution is 2.24. The zero-order chi connectivity index (χ0) is 14.1. The van der Waals surface area contributed by atoms with Crippen molar-refractivity contribution in [2.24, 2.45) is 0 Å². The molecule has 0 atom stereocenters. The number of benzene rings is 1. The van der Waals surface area contributed by atoms with Crippen LogP contribution in [0.5, 0.6) is 0 Å². The van der Waals surface area contributed by atoms with E-state index in [1.807, 2.05) is 0 Å². The number of hydrogen-bond donors (Lipinski definition) is 0. The van der Waals surface area contributed by atoms with Gasteiger partial charge in [-0.25, -0.2) is 12.8 Å². The fraction of sp³-hybridized carbons (Fsp3) is 0.455. The van der Waals surface area contributed by atoms with Gasteiger partial charge in [0.1, 0.15) is 5.82 Å². The third-order valence-electron chi connectivity index (χ3n) is 2.52. The molecule has 0 saturated heterocycles. The SMILES string of the molecule is CC(C)(C)S(=O)(=O)Cc1cc([N+](=O)[O-])ccc1F. The zero-order valence-corrected chi connectivity index (χ0v) is 11.1. The van der Waals surface area contributed by atoms with Crippen molar-refractivity contribution in [2.75, 3.05) is 0 Å². The predicted octanol–water partition coefficient (Wildman–Crippen LogP) is 2.45. The molecule has 0 radical (unpaired) electrons. The molecule has 0 aliphatic heterocycles. The van der Waals surface area contributed by atoms with Gasteiger partial charge in [0.15, 0.2) is 9.84 Å². The van der Waals surface area contributed by atoms with Gasteiger partial charge in [-0.3, -0.25) is 10.1 Å². The normalized spacial score (nSPS) is 12.4.